The van der Waals surface area contributed by atoms with Crippen molar-refractivity contribution >= 4 is 35.1 Å². The van der Waals surface area contributed by atoms with Gasteiger partial charge < -0.3 is 23.7 Å². The van der Waals surface area contributed by atoms with Crippen LogP contribution in [0.25, 0.3) is 0 Å². The van der Waals surface area contributed by atoms with Gasteiger partial charge >= 0.3 is 24.0 Å². The van der Waals surface area contributed by atoms with Crippen LogP contribution in [0.1, 0.15) is 114 Å². The maximum atomic E-state index is 14.5. The summed E-state index contributed by atoms with van der Waals surface area (Å²) < 4.78 is 72.6. The second kappa shape index (κ2) is 18.5. The number of hydrogen-bond donors (Lipinski definition) is 0. The van der Waals surface area contributed by atoms with Gasteiger partial charge in [0.25, 0.3) is 0 Å². The molecule has 1 saturated carbocycles. The number of nitrogens with zero attached hydrogens (tertiary/aromatic N) is 2. The predicted molar refractivity (Wildman–Crippen MR) is 225 cm³/mol. The maximum Gasteiger partial charge on any atom is 0.471 e. The third kappa shape index (κ3) is 10.1. The molecule has 1 spiro atoms. The van der Waals surface area contributed by atoms with Gasteiger partial charge in [0.2, 0.25) is 0 Å². The number of fused-ring (bicyclic) bond motifs is 3. The molecule has 332 valence electrons. The second-order valence-electron chi connectivity index (χ2n) is 18.1. The summed E-state index contributed by atoms with van der Waals surface area (Å²) in [4.78, 5) is 45.2. The maximum absolute atomic E-state index is 14.5. The summed E-state index contributed by atoms with van der Waals surface area (Å²) in [6.07, 6.45) is 0.738. The van der Waals surface area contributed by atoms with Crippen molar-refractivity contribution in [3.05, 3.63) is 82.1 Å². The summed E-state index contributed by atoms with van der Waals surface area (Å²) >= 11 is 6.26. The van der Waals surface area contributed by atoms with Gasteiger partial charge in [-0.2, -0.15) is 13.2 Å². The van der Waals surface area contributed by atoms with Crippen LogP contribution in [0.3, 0.4) is 0 Å². The zero-order valence-electron chi connectivity index (χ0n) is 36.2. The van der Waals surface area contributed by atoms with Crippen molar-refractivity contribution < 1.29 is 51.2 Å². The number of benzene rings is 2. The number of methoxy groups -OCH3 is 2. The molecule has 0 N–H and O–H groups in total. The monoisotopic (exact) mass is 870 g/mol. The molecule has 3 aliphatic rings. The highest BCUT2D eigenvalue weighted by molar-refractivity contribution is 6.31. The number of amides is 1. The van der Waals surface area contributed by atoms with E-state index >= 15 is 0 Å². The Morgan fingerprint density at radius 2 is 1.72 bits per heavy atom. The second-order valence-corrected chi connectivity index (χ2v) is 18.5. The van der Waals surface area contributed by atoms with Crippen LogP contribution >= 0.6 is 11.6 Å². The lowest BCUT2D eigenvalue weighted by Crippen LogP contribution is -2.63. The van der Waals surface area contributed by atoms with Crippen molar-refractivity contribution in [2.75, 3.05) is 32.3 Å². The molecule has 0 radical (unpaired) electrons. The Bertz CT molecular complexity index is 2060. The van der Waals surface area contributed by atoms with Gasteiger partial charge in [0.15, 0.2) is 0 Å². The molecule has 10 nitrogen and oxygen atoms in total. The number of anilines is 1. The molecule has 3 aliphatic carbocycles. The molecule has 6 rings (SSSR count). The summed E-state index contributed by atoms with van der Waals surface area (Å²) in [7, 11) is 2.62. The molecule has 14 heteroatoms. The van der Waals surface area contributed by atoms with Gasteiger partial charge in [-0.1, -0.05) is 37.6 Å². The van der Waals surface area contributed by atoms with E-state index in [4.69, 9.17) is 35.3 Å². The Hall–Kier alpha value is -4.36. The minimum Gasteiger partial charge on any atom is -0.493 e. The van der Waals surface area contributed by atoms with Gasteiger partial charge in [0.1, 0.15) is 35.3 Å². The van der Waals surface area contributed by atoms with Crippen molar-refractivity contribution in [1.29, 1.82) is 0 Å². The standard InChI is InChI=1S/C47H58ClF3N2O8/c1-29(27-60-39-16-21-52-38-13-8-10-30(2)41(38)39)22-32-23-31-14-15-35(59-28-36(57-6)26-40(54)61-44(3,4)5)25-37(31)45(32)17-19-46(20-18-45,43(56)58-7)53(42(55)47(49,50)51)34-12-9-11-33(48)24-34/h9,11-12,14-16,21,24-25,29-30,32,36H,8,10,13,17-20,22-23,26-28H2,1-7H3/t29-,30-,32+,36?,45?,46?/m1/s1. The molecule has 1 fully saturated rings. The van der Waals surface area contributed by atoms with E-state index in [0.717, 1.165) is 55.4 Å². The van der Waals surface area contributed by atoms with Crippen molar-refractivity contribution in [2.24, 2.45) is 11.8 Å². The molecule has 0 saturated heterocycles. The Morgan fingerprint density at radius 1 is 0.984 bits per heavy atom. The van der Waals surface area contributed by atoms with E-state index in [9.17, 15) is 27.6 Å². The lowest BCUT2D eigenvalue weighted by atomic mass is 9.59. The Kier molecular flexibility index (Phi) is 14.0. The number of carbonyl (C=O) groups is 3. The predicted octanol–water partition coefficient (Wildman–Crippen LogP) is 9.90. The van der Waals surface area contributed by atoms with E-state index in [1.165, 1.54) is 36.9 Å². The molecule has 1 unspecified atom stereocenters. The summed E-state index contributed by atoms with van der Waals surface area (Å²) in [5.41, 5.74) is 0.927. The minimum atomic E-state index is -5.29. The lowest BCUT2D eigenvalue weighted by Gasteiger charge is -2.51. The van der Waals surface area contributed by atoms with E-state index < -0.39 is 46.7 Å². The number of halogens is 4. The third-order valence-corrected chi connectivity index (χ3v) is 12.9. The fraction of sp³-hybridized carbons (Fsp3) is 0.574. The van der Waals surface area contributed by atoms with Gasteiger partial charge in [0.05, 0.1) is 20.1 Å². The van der Waals surface area contributed by atoms with E-state index in [1.807, 2.05) is 24.3 Å². The van der Waals surface area contributed by atoms with E-state index in [-0.39, 0.29) is 61.3 Å². The van der Waals surface area contributed by atoms with Crippen molar-refractivity contribution in [2.45, 2.75) is 134 Å². The molecule has 1 heterocycles. The lowest BCUT2D eigenvalue weighted by molar-refractivity contribution is -0.174. The van der Waals surface area contributed by atoms with Gasteiger partial charge in [0, 0.05) is 35.3 Å². The normalized spacial score (nSPS) is 23.3. The van der Waals surface area contributed by atoms with E-state index in [0.29, 0.717) is 29.6 Å². The van der Waals surface area contributed by atoms with Crippen LogP contribution < -0.4 is 14.4 Å². The first-order valence-electron chi connectivity index (χ1n) is 21.2. The number of esters is 2. The molecule has 2 aromatic carbocycles. The molecule has 3 aromatic rings. The SMILES string of the molecule is COC(=O)C1(N(C(=O)C(F)(F)F)c2cccc(Cl)c2)CCC2(CC1)c1cc(OCC(CC(=O)OC(C)(C)C)OC)ccc1C[C@@H]2C[C@@H](C)COc1ccnc2c1[C@H](C)CCC2. The summed E-state index contributed by atoms with van der Waals surface area (Å²) in [6, 6.07) is 13.3. The Morgan fingerprint density at radius 3 is 2.38 bits per heavy atom. The van der Waals surface area contributed by atoms with Gasteiger partial charge in [-0.3, -0.25) is 19.5 Å². The van der Waals surface area contributed by atoms with Gasteiger partial charge in [-0.05, 0) is 149 Å². The topological polar surface area (TPSA) is 113 Å². The molecular formula is C47H58ClF3N2O8. The Balaban J connectivity index is 1.32. The summed E-state index contributed by atoms with van der Waals surface area (Å²) in [6.45, 7) is 10.2. The quantitative estimate of drug-likeness (QED) is 0.146. The Labute approximate surface area is 361 Å². The van der Waals surface area contributed by atoms with E-state index in [2.05, 4.69) is 18.8 Å². The zero-order valence-corrected chi connectivity index (χ0v) is 36.9. The zero-order chi connectivity index (χ0) is 44.3. The fourth-order valence-electron chi connectivity index (χ4n) is 9.90. The third-order valence-electron chi connectivity index (χ3n) is 12.7. The number of alkyl halides is 3. The van der Waals surface area contributed by atoms with Crippen LogP contribution in [-0.4, -0.2) is 73.7 Å². The molecule has 1 aromatic heterocycles. The average molecular weight is 871 g/mol. The van der Waals surface area contributed by atoms with Crippen molar-refractivity contribution in [3.8, 4) is 11.5 Å². The number of rotatable bonds is 14. The average Bonchev–Trinajstić information content (AvgIpc) is 3.49. The first kappa shape index (κ1) is 46.2. The molecule has 61 heavy (non-hydrogen) atoms. The molecule has 1 amide bonds. The first-order chi connectivity index (χ1) is 28.8. The van der Waals surface area contributed by atoms with Crippen LogP contribution in [0.15, 0.2) is 54.7 Å². The van der Waals surface area contributed by atoms with Crippen LogP contribution in [-0.2, 0) is 46.9 Å². The number of aromatic nitrogens is 1. The molecular weight excluding hydrogens is 813 g/mol. The largest absolute Gasteiger partial charge is 0.493 e. The molecule has 4 atom stereocenters. The number of carbonyl (C=O) groups excluding carboxylic acids is 3. The highest BCUT2D eigenvalue weighted by Crippen LogP contribution is 2.58. The highest BCUT2D eigenvalue weighted by atomic mass is 35.5. The van der Waals surface area contributed by atoms with Crippen LogP contribution in [0.5, 0.6) is 11.5 Å². The van der Waals surface area contributed by atoms with Gasteiger partial charge in [-0.15, -0.1) is 0 Å². The highest BCUT2D eigenvalue weighted by Gasteiger charge is 2.60. The number of hydrogen-bond acceptors (Lipinski definition) is 9. The van der Waals surface area contributed by atoms with Crippen LogP contribution in [0.2, 0.25) is 5.02 Å². The first-order valence-corrected chi connectivity index (χ1v) is 21.5. The van der Waals surface area contributed by atoms with Crippen molar-refractivity contribution in [1.82, 2.24) is 4.98 Å². The van der Waals surface area contributed by atoms with Gasteiger partial charge in [-0.25, -0.2) is 4.79 Å². The minimum absolute atomic E-state index is 0.00843. The number of aryl methyl sites for hydroxylation is 1. The summed E-state index contributed by atoms with van der Waals surface area (Å²) in [5.74, 6) is -1.70. The molecule has 0 bridgehead atoms. The summed E-state index contributed by atoms with van der Waals surface area (Å²) in [5, 5.41) is 0.113. The molecule has 0 aliphatic heterocycles. The van der Waals surface area contributed by atoms with Crippen molar-refractivity contribution in [3.63, 3.8) is 0 Å². The van der Waals surface area contributed by atoms with Crippen LogP contribution in [0.4, 0.5) is 18.9 Å². The number of pyridine rings is 1. The van der Waals surface area contributed by atoms with E-state index in [1.54, 1.807) is 27.0 Å². The fourth-order valence-corrected chi connectivity index (χ4v) is 10.1. The number of ether oxygens (including phenoxy) is 5. The smallest absolute Gasteiger partial charge is 0.471 e. The van der Waals surface area contributed by atoms with Crippen LogP contribution in [0, 0.1) is 11.8 Å².